The van der Waals surface area contributed by atoms with Gasteiger partial charge < -0.3 is 20.5 Å². The Bertz CT molecular complexity index is 657. The first-order valence-electron chi connectivity index (χ1n) is 6.93. The van der Waals surface area contributed by atoms with E-state index in [0.717, 1.165) is 6.07 Å². The number of carbonyl (C=O) groups is 2. The van der Waals surface area contributed by atoms with Crippen molar-refractivity contribution in [3.63, 3.8) is 0 Å². The Balaban J connectivity index is 2.85. The second kappa shape index (κ2) is 8.10. The number of aliphatic carboxylic acids is 1. The van der Waals surface area contributed by atoms with Crippen molar-refractivity contribution >= 4 is 17.7 Å². The van der Waals surface area contributed by atoms with Crippen LogP contribution in [0.2, 0.25) is 0 Å². The van der Waals surface area contributed by atoms with Crippen molar-refractivity contribution < 1.29 is 28.2 Å². The van der Waals surface area contributed by atoms with Crippen LogP contribution in [0.25, 0.3) is 0 Å². The summed E-state index contributed by atoms with van der Waals surface area (Å²) in [6.07, 6.45) is 0.0331. The average Bonchev–Trinajstić information content (AvgIpc) is 2.46. The number of hydrogen-bond acceptors (Lipinski definition) is 4. The van der Waals surface area contributed by atoms with Crippen LogP contribution in [0.4, 0.5) is 19.3 Å². The van der Waals surface area contributed by atoms with E-state index in [1.54, 1.807) is 13.8 Å². The van der Waals surface area contributed by atoms with Crippen molar-refractivity contribution in [2.45, 2.75) is 38.8 Å². The number of nitriles is 1. The molecule has 0 aromatic heterocycles. The summed E-state index contributed by atoms with van der Waals surface area (Å²) >= 11 is 0. The summed E-state index contributed by atoms with van der Waals surface area (Å²) in [5.74, 6) is -1.29. The lowest BCUT2D eigenvalue weighted by Gasteiger charge is -2.26. The van der Waals surface area contributed by atoms with E-state index in [1.807, 2.05) is 6.07 Å². The van der Waals surface area contributed by atoms with Gasteiger partial charge in [0.25, 0.3) is 0 Å². The third kappa shape index (κ3) is 6.48. The zero-order valence-electron chi connectivity index (χ0n) is 13.1. The number of nitrogens with zero attached hydrogens (tertiary/aromatic N) is 1. The summed E-state index contributed by atoms with van der Waals surface area (Å²) in [6.45, 7) is 0.156. The fraction of sp³-hybridized carbons (Fsp3) is 0.400. The lowest BCUT2D eigenvalue weighted by atomic mass is 9.99. The maximum atomic E-state index is 12.4. The molecule has 1 aromatic rings. The van der Waals surface area contributed by atoms with Gasteiger partial charge in [-0.3, -0.25) is 4.79 Å². The molecule has 0 fully saturated rings. The molecule has 0 spiro atoms. The molecule has 0 radical (unpaired) electrons. The van der Waals surface area contributed by atoms with Gasteiger partial charge in [-0.15, -0.1) is 0 Å². The fourth-order valence-corrected chi connectivity index (χ4v) is 1.84. The number of carboxylic acid groups (broad SMARTS) is 1. The number of carboxylic acids is 1. The zero-order chi connectivity index (χ0) is 18.3. The Morgan fingerprint density at radius 3 is 2.62 bits per heavy atom. The zero-order valence-corrected chi connectivity index (χ0v) is 13.1. The third-order valence-corrected chi connectivity index (χ3v) is 2.99. The Morgan fingerprint density at radius 2 is 2.08 bits per heavy atom. The number of benzene rings is 1. The molecule has 0 aliphatic carbocycles. The summed E-state index contributed by atoms with van der Waals surface area (Å²) < 4.78 is 29.1. The van der Waals surface area contributed by atoms with Crippen LogP contribution in [0.15, 0.2) is 18.2 Å². The molecule has 0 atom stereocenters. The molecule has 0 unspecified atom stereocenters. The first-order chi connectivity index (χ1) is 11.1. The van der Waals surface area contributed by atoms with Crippen LogP contribution in [0, 0.1) is 11.3 Å². The molecule has 9 heteroatoms. The molecule has 1 aromatic carbocycles. The number of rotatable bonds is 7. The minimum Gasteiger partial charge on any atom is -0.481 e. The number of halogens is 2. The number of urea groups is 1. The summed E-state index contributed by atoms with van der Waals surface area (Å²) in [6, 6.07) is 4.71. The van der Waals surface area contributed by atoms with Gasteiger partial charge in [0.15, 0.2) is 0 Å². The molecule has 24 heavy (non-hydrogen) atoms. The van der Waals surface area contributed by atoms with Crippen LogP contribution in [-0.4, -0.2) is 29.3 Å². The number of anilines is 1. The van der Waals surface area contributed by atoms with Gasteiger partial charge in [-0.05, 0) is 38.5 Å². The minimum absolute atomic E-state index is 0.0964. The molecule has 0 heterocycles. The second-order valence-electron chi connectivity index (χ2n) is 5.56. The highest BCUT2D eigenvalue weighted by Gasteiger charge is 2.22. The van der Waals surface area contributed by atoms with Crippen molar-refractivity contribution in [3.05, 3.63) is 23.8 Å². The van der Waals surface area contributed by atoms with Crippen LogP contribution >= 0.6 is 0 Å². The number of hydrogen-bond donors (Lipinski definition) is 3. The van der Waals surface area contributed by atoms with E-state index < -0.39 is 24.2 Å². The van der Waals surface area contributed by atoms with Crippen LogP contribution in [0.1, 0.15) is 32.3 Å². The summed E-state index contributed by atoms with van der Waals surface area (Å²) in [5.41, 5.74) is -0.781. The summed E-state index contributed by atoms with van der Waals surface area (Å²) in [5, 5.41) is 22.4. The van der Waals surface area contributed by atoms with Crippen LogP contribution in [-0.2, 0) is 4.79 Å². The van der Waals surface area contributed by atoms with E-state index in [0.29, 0.717) is 0 Å². The van der Waals surface area contributed by atoms with Gasteiger partial charge >= 0.3 is 18.6 Å². The molecule has 0 bridgehead atoms. The molecule has 130 valence electrons. The van der Waals surface area contributed by atoms with Crippen molar-refractivity contribution in [1.29, 1.82) is 5.26 Å². The van der Waals surface area contributed by atoms with Crippen LogP contribution in [0.5, 0.6) is 5.75 Å². The predicted molar refractivity (Wildman–Crippen MR) is 80.9 cm³/mol. The maximum absolute atomic E-state index is 12.4. The molecule has 3 N–H and O–H groups in total. The lowest BCUT2D eigenvalue weighted by Crippen LogP contribution is -2.45. The SMILES string of the molecule is CC(C)(CCC(=O)O)NC(=O)Nc1cc(C#N)ccc1OC(F)F. The van der Waals surface area contributed by atoms with E-state index >= 15 is 0 Å². The Kier molecular flexibility index (Phi) is 6.47. The average molecular weight is 341 g/mol. The van der Waals surface area contributed by atoms with E-state index in [-0.39, 0.29) is 29.8 Å². The van der Waals surface area contributed by atoms with Crippen LogP contribution in [0.3, 0.4) is 0 Å². The van der Waals surface area contributed by atoms with Gasteiger partial charge in [0.1, 0.15) is 5.75 Å². The number of carbonyl (C=O) groups excluding carboxylic acids is 1. The van der Waals surface area contributed by atoms with E-state index in [2.05, 4.69) is 15.4 Å². The lowest BCUT2D eigenvalue weighted by molar-refractivity contribution is -0.137. The topological polar surface area (TPSA) is 111 Å². The largest absolute Gasteiger partial charge is 0.481 e. The van der Waals surface area contributed by atoms with Crippen LogP contribution < -0.4 is 15.4 Å². The van der Waals surface area contributed by atoms with Gasteiger partial charge in [0.05, 0.1) is 17.3 Å². The van der Waals surface area contributed by atoms with Crippen molar-refractivity contribution in [2.24, 2.45) is 0 Å². The number of nitrogens with one attached hydrogen (secondary N) is 2. The molecule has 0 saturated carbocycles. The normalized spacial score (nSPS) is 10.8. The molecular formula is C15H17F2N3O4. The first-order valence-corrected chi connectivity index (χ1v) is 6.93. The highest BCUT2D eigenvalue weighted by atomic mass is 19.3. The molecule has 1 rings (SSSR count). The number of ether oxygens (including phenoxy) is 1. The highest BCUT2D eigenvalue weighted by molar-refractivity contribution is 5.91. The highest BCUT2D eigenvalue weighted by Crippen LogP contribution is 2.27. The minimum atomic E-state index is -3.09. The summed E-state index contributed by atoms with van der Waals surface area (Å²) in [7, 11) is 0. The summed E-state index contributed by atoms with van der Waals surface area (Å²) in [4.78, 5) is 22.6. The molecule has 0 saturated heterocycles. The van der Waals surface area contributed by atoms with Gasteiger partial charge in [0.2, 0.25) is 0 Å². The van der Waals surface area contributed by atoms with Crippen molar-refractivity contribution in [3.8, 4) is 11.8 Å². The maximum Gasteiger partial charge on any atom is 0.387 e. The molecule has 2 amide bonds. The Hall–Kier alpha value is -2.89. The number of alkyl halides is 2. The molecule has 7 nitrogen and oxygen atoms in total. The van der Waals surface area contributed by atoms with Gasteiger partial charge in [0, 0.05) is 12.0 Å². The Morgan fingerprint density at radius 1 is 1.42 bits per heavy atom. The van der Waals surface area contributed by atoms with Crippen molar-refractivity contribution in [1.82, 2.24) is 5.32 Å². The smallest absolute Gasteiger partial charge is 0.387 e. The van der Waals surface area contributed by atoms with E-state index in [4.69, 9.17) is 10.4 Å². The fourth-order valence-electron chi connectivity index (χ4n) is 1.84. The Labute approximate surface area is 137 Å². The monoisotopic (exact) mass is 341 g/mol. The molecule has 0 aliphatic heterocycles. The molecule has 0 aliphatic rings. The van der Waals surface area contributed by atoms with Crippen molar-refractivity contribution in [2.75, 3.05) is 5.32 Å². The standard InChI is InChI=1S/C15H17F2N3O4/c1-15(2,6-5-12(21)22)20-14(23)19-10-7-9(8-18)3-4-11(10)24-13(16)17/h3-4,7,13H,5-6H2,1-2H3,(H,21,22)(H2,19,20,23). The van der Waals surface area contributed by atoms with E-state index in [1.165, 1.54) is 12.1 Å². The molecular weight excluding hydrogens is 324 g/mol. The number of amides is 2. The van der Waals surface area contributed by atoms with Gasteiger partial charge in [-0.25, -0.2) is 4.79 Å². The quantitative estimate of drug-likeness (QED) is 0.706. The third-order valence-electron chi connectivity index (χ3n) is 2.99. The predicted octanol–water partition coefficient (Wildman–Crippen LogP) is 2.92. The van der Waals surface area contributed by atoms with Gasteiger partial charge in [-0.1, -0.05) is 0 Å². The van der Waals surface area contributed by atoms with E-state index in [9.17, 15) is 18.4 Å². The first kappa shape index (κ1) is 19.2. The second-order valence-corrected chi connectivity index (χ2v) is 5.56. The van der Waals surface area contributed by atoms with Gasteiger partial charge in [-0.2, -0.15) is 14.0 Å².